The third-order valence-electron chi connectivity index (χ3n) is 14.7. The third-order valence-corrected chi connectivity index (χ3v) is 16.9. The van der Waals surface area contributed by atoms with Crippen LogP contribution in [0.4, 0.5) is 0 Å². The first-order valence-electron chi connectivity index (χ1n) is 24.7. The summed E-state index contributed by atoms with van der Waals surface area (Å²) in [6, 6.07) is 12.4. The second-order valence-corrected chi connectivity index (χ2v) is 22.9. The topological polar surface area (TPSA) is 196 Å². The minimum absolute atomic E-state index is 0.0199. The molecular weight excluding hydrogens is 913 g/mol. The standard InChI is InChI=1S/C52H70N8O9S/c1-10-59-43-16-15-35-27-39(43)40(47(59)38-13-11-19-53-45(38)32(4)68-9)28-52(5,6)30-69-51(65)41-14-12-20-60(55-41)50(64)42(25-33-23-36(35)26-37(61)24-33)54-48(62)46(31(2)3)57(8)49(63)34-17-21-58(22-18-34)70(66,67)44-29-56(44)7/h11,13,15-16,19,23-24,26-27,31-32,34,41-42,44,46,55,61H,10,12,14,17-18,20-22,25,28-30H2,1-9H3,(H,54,62)/t32-,41-,42-,44+,46?,56?/m0/s1. The van der Waals surface area contributed by atoms with Crippen LogP contribution < -0.4 is 10.7 Å². The number of carbonyl (C=O) groups excluding carboxylic acids is 4. The molecule has 3 fully saturated rings. The zero-order valence-corrected chi connectivity index (χ0v) is 42.8. The summed E-state index contributed by atoms with van der Waals surface area (Å²) in [4.78, 5) is 65.5. The number of rotatable bonds is 11. The monoisotopic (exact) mass is 982 g/mol. The quantitative estimate of drug-likeness (QED) is 0.131. The number of esters is 1. The molecule has 3 amide bonds. The van der Waals surface area contributed by atoms with Crippen LogP contribution in [0.3, 0.4) is 0 Å². The van der Waals surface area contributed by atoms with E-state index < -0.39 is 62.6 Å². The van der Waals surface area contributed by atoms with E-state index in [1.807, 2.05) is 39.0 Å². The van der Waals surface area contributed by atoms with E-state index >= 15 is 0 Å². The SMILES string of the molecule is CCn1c(-c2cccnc2[C@H](C)OC)c2c3cc(ccc31)-c1cc(O)cc(c1)C[C@H](NC(=O)C(C(C)C)N(C)C(=O)C1CCN(S(=O)(=O)[C@@H]3CN3C)CC1)C(=O)N1CCC[C@H](N1)C(=O)OCC(C)(C)C2. The second-order valence-electron chi connectivity index (χ2n) is 20.8. The number of methoxy groups -OCH3 is 1. The first-order chi connectivity index (χ1) is 33.2. The maximum Gasteiger partial charge on any atom is 0.324 e. The van der Waals surface area contributed by atoms with Gasteiger partial charge in [0, 0.05) is 87.3 Å². The molecule has 6 atom stereocenters. The van der Waals surface area contributed by atoms with E-state index in [1.54, 1.807) is 44.4 Å². The van der Waals surface area contributed by atoms with Crippen molar-refractivity contribution in [3.05, 3.63) is 71.5 Å². The van der Waals surface area contributed by atoms with Gasteiger partial charge in [0.05, 0.1) is 24.1 Å². The van der Waals surface area contributed by atoms with Gasteiger partial charge >= 0.3 is 5.97 Å². The van der Waals surface area contributed by atoms with E-state index in [1.165, 1.54) is 14.2 Å². The molecule has 3 saturated heterocycles. The number of sulfonamides is 1. The number of piperidine rings is 1. The van der Waals surface area contributed by atoms with E-state index in [-0.39, 0.29) is 56.3 Å². The van der Waals surface area contributed by atoms with Crippen molar-refractivity contribution in [2.45, 2.75) is 116 Å². The Morgan fingerprint density at radius 2 is 1.77 bits per heavy atom. The average molecular weight is 983 g/mol. The summed E-state index contributed by atoms with van der Waals surface area (Å²) in [7, 11) is 1.53. The van der Waals surface area contributed by atoms with Gasteiger partial charge in [0.2, 0.25) is 21.8 Å². The Morgan fingerprint density at radius 1 is 1.04 bits per heavy atom. The highest BCUT2D eigenvalue weighted by Crippen LogP contribution is 2.42. The lowest BCUT2D eigenvalue weighted by Gasteiger charge is -2.38. The zero-order valence-electron chi connectivity index (χ0n) is 42.0. The number of nitrogens with one attached hydrogen (secondary N) is 2. The predicted molar refractivity (Wildman–Crippen MR) is 266 cm³/mol. The van der Waals surface area contributed by atoms with Crippen molar-refractivity contribution >= 4 is 44.6 Å². The van der Waals surface area contributed by atoms with Crippen LogP contribution >= 0.6 is 0 Å². The highest BCUT2D eigenvalue weighted by molar-refractivity contribution is 7.90. The highest BCUT2D eigenvalue weighted by atomic mass is 32.2. The molecule has 4 aliphatic rings. The number of likely N-dealkylation sites (N-methyl/N-ethyl adjacent to an activating group) is 2. The fraction of sp³-hybridized carbons (Fsp3) is 0.558. The molecule has 8 rings (SSSR count). The number of fused-ring (bicyclic) bond motifs is 6. The van der Waals surface area contributed by atoms with Gasteiger partial charge in [0.15, 0.2) is 0 Å². The number of hydrogen-bond donors (Lipinski definition) is 3. The summed E-state index contributed by atoms with van der Waals surface area (Å²) >= 11 is 0. The summed E-state index contributed by atoms with van der Waals surface area (Å²) in [5.74, 6) is -2.65. The van der Waals surface area contributed by atoms with Gasteiger partial charge in [0.1, 0.15) is 29.2 Å². The number of nitrogens with zero attached hydrogens (tertiary/aromatic N) is 6. The third kappa shape index (κ3) is 10.3. The number of cyclic esters (lactones) is 1. The number of carbonyl (C=O) groups is 4. The van der Waals surface area contributed by atoms with Crippen LogP contribution in [0.1, 0.15) is 90.2 Å². The number of hydrogen-bond acceptors (Lipinski definition) is 12. The lowest BCUT2D eigenvalue weighted by Crippen LogP contribution is -2.62. The molecule has 4 aliphatic heterocycles. The fourth-order valence-corrected chi connectivity index (χ4v) is 12.7. The Labute approximate surface area is 411 Å². The summed E-state index contributed by atoms with van der Waals surface area (Å²) in [5.41, 5.74) is 9.47. The summed E-state index contributed by atoms with van der Waals surface area (Å²) in [6.07, 6.45) is 3.57. The highest BCUT2D eigenvalue weighted by Gasteiger charge is 2.47. The van der Waals surface area contributed by atoms with Crippen molar-refractivity contribution in [3.8, 4) is 28.1 Å². The largest absolute Gasteiger partial charge is 0.508 e. The predicted octanol–water partition coefficient (Wildman–Crippen LogP) is 5.25. The molecule has 0 spiro atoms. The number of phenolic OH excluding ortho intramolecular Hbond substituents is 1. The number of ether oxygens (including phenoxy) is 2. The minimum Gasteiger partial charge on any atom is -0.508 e. The molecule has 2 aromatic heterocycles. The molecule has 6 heterocycles. The molecule has 0 radical (unpaired) electrons. The van der Waals surface area contributed by atoms with E-state index in [0.717, 1.165) is 39.0 Å². The zero-order chi connectivity index (χ0) is 50.4. The molecule has 17 nitrogen and oxygen atoms in total. The normalized spacial score (nSPS) is 23.4. The number of aryl methyl sites for hydroxylation is 1. The molecule has 2 aromatic carbocycles. The molecule has 378 valence electrons. The van der Waals surface area contributed by atoms with Gasteiger partial charge < -0.3 is 29.4 Å². The number of aromatic nitrogens is 2. The van der Waals surface area contributed by atoms with Crippen LogP contribution in [0.25, 0.3) is 33.3 Å². The van der Waals surface area contributed by atoms with Crippen molar-refractivity contribution in [2.75, 3.05) is 54.0 Å². The van der Waals surface area contributed by atoms with Gasteiger partial charge in [-0.3, -0.25) is 34.1 Å². The number of phenols is 1. The van der Waals surface area contributed by atoms with Crippen molar-refractivity contribution < 1.29 is 42.2 Å². The smallest absolute Gasteiger partial charge is 0.324 e. The maximum atomic E-state index is 14.8. The van der Waals surface area contributed by atoms with Crippen LogP contribution in [-0.2, 0) is 58.1 Å². The average Bonchev–Trinajstić information content (AvgIpc) is 4.02. The van der Waals surface area contributed by atoms with Gasteiger partial charge in [-0.1, -0.05) is 39.8 Å². The Kier molecular flexibility index (Phi) is 14.8. The number of benzene rings is 2. The van der Waals surface area contributed by atoms with Gasteiger partial charge in [-0.15, -0.1) is 0 Å². The van der Waals surface area contributed by atoms with Crippen LogP contribution in [0.15, 0.2) is 54.7 Å². The van der Waals surface area contributed by atoms with Crippen molar-refractivity contribution in [3.63, 3.8) is 0 Å². The minimum atomic E-state index is -3.49. The molecule has 6 bridgehead atoms. The molecule has 70 heavy (non-hydrogen) atoms. The second kappa shape index (κ2) is 20.4. The van der Waals surface area contributed by atoms with Gasteiger partial charge in [-0.2, -0.15) is 0 Å². The van der Waals surface area contributed by atoms with E-state index in [2.05, 4.69) is 54.3 Å². The molecule has 18 heteroatoms. The van der Waals surface area contributed by atoms with E-state index in [4.69, 9.17) is 14.5 Å². The Bertz CT molecular complexity index is 2750. The van der Waals surface area contributed by atoms with Gasteiger partial charge in [-0.25, -0.2) is 18.1 Å². The van der Waals surface area contributed by atoms with E-state index in [9.17, 15) is 32.7 Å². The molecule has 2 unspecified atom stereocenters. The van der Waals surface area contributed by atoms with Crippen molar-refractivity contribution in [1.82, 2.24) is 39.4 Å². The number of hydrazine groups is 1. The first kappa shape index (κ1) is 51.0. The van der Waals surface area contributed by atoms with Crippen molar-refractivity contribution in [2.24, 2.45) is 17.3 Å². The summed E-state index contributed by atoms with van der Waals surface area (Å²) in [6.45, 7) is 13.8. The first-order valence-corrected chi connectivity index (χ1v) is 26.2. The Morgan fingerprint density at radius 3 is 2.44 bits per heavy atom. The van der Waals surface area contributed by atoms with Crippen LogP contribution in [0.2, 0.25) is 0 Å². The van der Waals surface area contributed by atoms with Gasteiger partial charge in [-0.05, 0) is 118 Å². The van der Waals surface area contributed by atoms with E-state index in [0.29, 0.717) is 56.3 Å². The van der Waals surface area contributed by atoms with Gasteiger partial charge in [0.25, 0.3) is 5.91 Å². The Hall–Kier alpha value is -5.40. The molecular formula is C52H70N8O9S. The summed E-state index contributed by atoms with van der Waals surface area (Å²) in [5, 5.41) is 16.2. The molecule has 0 aliphatic carbocycles. The number of pyridine rings is 1. The van der Waals surface area contributed by atoms with Crippen LogP contribution in [0.5, 0.6) is 5.75 Å². The molecule has 3 N–H and O–H groups in total. The lowest BCUT2D eigenvalue weighted by atomic mass is 9.84. The van der Waals surface area contributed by atoms with Crippen LogP contribution in [0, 0.1) is 17.3 Å². The Balaban J connectivity index is 1.15. The fourth-order valence-electron chi connectivity index (χ4n) is 10.7. The van der Waals surface area contributed by atoms with Crippen molar-refractivity contribution in [1.29, 1.82) is 0 Å². The summed E-state index contributed by atoms with van der Waals surface area (Å²) < 4.78 is 41.9. The lowest BCUT2D eigenvalue weighted by molar-refractivity contribution is -0.155. The van der Waals surface area contributed by atoms with Crippen LogP contribution in [-0.4, -0.2) is 143 Å². The number of aromatic hydroxyl groups is 1. The molecule has 0 saturated carbocycles. The maximum absolute atomic E-state index is 14.8. The number of amides is 3. The molecule has 4 aromatic rings.